The topological polar surface area (TPSA) is 23.5 Å². The van der Waals surface area contributed by atoms with E-state index in [1.54, 1.807) is 13.8 Å². The Hall–Kier alpha value is -1.01. The second-order valence-electron chi connectivity index (χ2n) is 4.93. The van der Waals surface area contributed by atoms with Gasteiger partial charge in [0.1, 0.15) is 0 Å². The molecule has 0 unspecified atom stereocenters. The van der Waals surface area contributed by atoms with E-state index in [2.05, 4.69) is 23.7 Å². The maximum atomic E-state index is 9.76. The second-order valence-corrected chi connectivity index (χ2v) is 5.36. The van der Waals surface area contributed by atoms with Crippen molar-refractivity contribution >= 4 is 11.6 Å². The largest absolute Gasteiger partial charge is 0.389 e. The first-order valence-corrected chi connectivity index (χ1v) is 6.47. The number of likely N-dealkylation sites (N-methyl/N-ethyl adjacent to an activating group) is 1. The summed E-state index contributed by atoms with van der Waals surface area (Å²) in [5, 5.41) is 10.5. The summed E-state index contributed by atoms with van der Waals surface area (Å²) in [6.45, 7) is 7.81. The minimum absolute atomic E-state index is 0.619. The Morgan fingerprint density at radius 1 is 1.39 bits per heavy atom. The van der Waals surface area contributed by atoms with Gasteiger partial charge in [-0.1, -0.05) is 36.4 Å². The predicted octanol–water partition coefficient (Wildman–Crippen LogP) is 2.78. The number of aliphatic hydroxyl groups is 1. The first kappa shape index (κ1) is 15.0. The Morgan fingerprint density at radius 3 is 2.67 bits per heavy atom. The zero-order valence-corrected chi connectivity index (χ0v) is 12.0. The predicted molar refractivity (Wildman–Crippen MR) is 76.7 cm³/mol. The zero-order chi connectivity index (χ0) is 13.6. The summed E-state index contributed by atoms with van der Waals surface area (Å²) in [4.78, 5) is 2.11. The lowest BCUT2D eigenvalue weighted by Crippen LogP contribution is -2.38. The maximum absolute atomic E-state index is 9.76. The molecule has 1 N–H and O–H groups in total. The summed E-state index contributed by atoms with van der Waals surface area (Å²) in [7, 11) is 0. The fourth-order valence-corrected chi connectivity index (χ4v) is 1.84. The van der Waals surface area contributed by atoms with Crippen molar-refractivity contribution < 1.29 is 5.11 Å². The van der Waals surface area contributed by atoms with E-state index >= 15 is 0 Å². The molecule has 0 aliphatic rings. The first-order chi connectivity index (χ1) is 8.40. The molecule has 98 valence electrons. The van der Waals surface area contributed by atoms with Gasteiger partial charge in [0.05, 0.1) is 12.1 Å². The fraction of sp³-hybridized carbons (Fsp3) is 0.467. The van der Waals surface area contributed by atoms with Crippen LogP contribution in [0.2, 0.25) is 5.02 Å². The van der Waals surface area contributed by atoms with Crippen molar-refractivity contribution in [3.8, 4) is 11.8 Å². The van der Waals surface area contributed by atoms with Gasteiger partial charge in [-0.15, -0.1) is 0 Å². The van der Waals surface area contributed by atoms with Crippen LogP contribution in [0.4, 0.5) is 0 Å². The molecular weight excluding hydrogens is 246 g/mol. The van der Waals surface area contributed by atoms with E-state index < -0.39 is 5.60 Å². The van der Waals surface area contributed by atoms with Gasteiger partial charge in [0.2, 0.25) is 0 Å². The molecule has 0 aromatic heterocycles. The van der Waals surface area contributed by atoms with Crippen LogP contribution in [0.15, 0.2) is 24.3 Å². The van der Waals surface area contributed by atoms with Crippen molar-refractivity contribution in [2.75, 3.05) is 19.6 Å². The molecule has 0 heterocycles. The van der Waals surface area contributed by atoms with Crippen LogP contribution in [-0.2, 0) is 0 Å². The first-order valence-electron chi connectivity index (χ1n) is 6.10. The summed E-state index contributed by atoms with van der Waals surface area (Å²) in [6, 6.07) is 7.51. The average Bonchev–Trinajstić information content (AvgIpc) is 2.26. The highest BCUT2D eigenvalue weighted by Crippen LogP contribution is 2.09. The Kier molecular flexibility index (Phi) is 5.68. The van der Waals surface area contributed by atoms with E-state index in [4.69, 9.17) is 11.6 Å². The smallest absolute Gasteiger partial charge is 0.0718 e. The van der Waals surface area contributed by atoms with Crippen LogP contribution in [0.5, 0.6) is 0 Å². The average molecular weight is 266 g/mol. The van der Waals surface area contributed by atoms with Crippen molar-refractivity contribution in [1.29, 1.82) is 0 Å². The molecule has 0 amide bonds. The summed E-state index contributed by atoms with van der Waals surface area (Å²) < 4.78 is 0. The monoisotopic (exact) mass is 265 g/mol. The summed E-state index contributed by atoms with van der Waals surface area (Å²) in [6.07, 6.45) is 0. The van der Waals surface area contributed by atoms with Crippen LogP contribution in [0.1, 0.15) is 26.3 Å². The Bertz CT molecular complexity index is 440. The van der Waals surface area contributed by atoms with Crippen LogP contribution in [-0.4, -0.2) is 35.2 Å². The van der Waals surface area contributed by atoms with Gasteiger partial charge in [0, 0.05) is 17.1 Å². The third-order valence-corrected chi connectivity index (χ3v) is 2.65. The number of hydrogen-bond acceptors (Lipinski definition) is 2. The van der Waals surface area contributed by atoms with Gasteiger partial charge in [-0.05, 0) is 38.6 Å². The summed E-state index contributed by atoms with van der Waals surface area (Å²) in [5.41, 5.74) is 0.232. The molecule has 0 radical (unpaired) electrons. The molecule has 0 fully saturated rings. The van der Waals surface area contributed by atoms with Crippen LogP contribution >= 0.6 is 11.6 Å². The Balaban J connectivity index is 2.58. The molecule has 0 bridgehead atoms. The van der Waals surface area contributed by atoms with Gasteiger partial charge >= 0.3 is 0 Å². The molecule has 3 heteroatoms. The molecule has 0 aliphatic heterocycles. The van der Waals surface area contributed by atoms with Crippen molar-refractivity contribution in [3.63, 3.8) is 0 Å². The van der Waals surface area contributed by atoms with Gasteiger partial charge in [0.15, 0.2) is 0 Å². The normalized spacial score (nSPS) is 11.2. The standard InChI is InChI=1S/C15H20ClNO/c1-4-17(12-15(2,3)18)10-6-8-13-7-5-9-14(16)11-13/h5,7,9,11,18H,4,10,12H2,1-3H3. The van der Waals surface area contributed by atoms with Crippen molar-refractivity contribution in [3.05, 3.63) is 34.9 Å². The van der Waals surface area contributed by atoms with E-state index in [0.717, 1.165) is 12.1 Å². The van der Waals surface area contributed by atoms with Crippen LogP contribution < -0.4 is 0 Å². The van der Waals surface area contributed by atoms with Gasteiger partial charge in [0.25, 0.3) is 0 Å². The number of nitrogens with zero attached hydrogens (tertiary/aromatic N) is 1. The molecular formula is C15H20ClNO. The number of halogens is 1. The molecule has 1 rings (SSSR count). The number of benzene rings is 1. The molecule has 0 aliphatic carbocycles. The molecule has 0 saturated carbocycles. The quantitative estimate of drug-likeness (QED) is 0.847. The van der Waals surface area contributed by atoms with Gasteiger partial charge in [-0.3, -0.25) is 4.90 Å². The highest BCUT2D eigenvalue weighted by Gasteiger charge is 2.16. The lowest BCUT2D eigenvalue weighted by molar-refractivity contribution is 0.0422. The Morgan fingerprint density at radius 2 is 2.11 bits per heavy atom. The SMILES string of the molecule is CCN(CC#Cc1cccc(Cl)c1)CC(C)(C)O. The fourth-order valence-electron chi connectivity index (χ4n) is 1.65. The minimum Gasteiger partial charge on any atom is -0.389 e. The lowest BCUT2D eigenvalue weighted by atomic mass is 10.1. The molecule has 18 heavy (non-hydrogen) atoms. The maximum Gasteiger partial charge on any atom is 0.0718 e. The van der Waals surface area contributed by atoms with Crippen molar-refractivity contribution in [2.45, 2.75) is 26.4 Å². The number of rotatable bonds is 4. The van der Waals surface area contributed by atoms with E-state index in [1.807, 2.05) is 24.3 Å². The zero-order valence-electron chi connectivity index (χ0n) is 11.2. The highest BCUT2D eigenvalue weighted by atomic mass is 35.5. The van der Waals surface area contributed by atoms with E-state index in [1.165, 1.54) is 0 Å². The Labute approximate surface area is 115 Å². The van der Waals surface area contributed by atoms with Crippen molar-refractivity contribution in [1.82, 2.24) is 4.90 Å². The van der Waals surface area contributed by atoms with E-state index in [9.17, 15) is 5.11 Å². The summed E-state index contributed by atoms with van der Waals surface area (Å²) in [5.74, 6) is 6.19. The van der Waals surface area contributed by atoms with Crippen molar-refractivity contribution in [2.24, 2.45) is 0 Å². The molecule has 0 atom stereocenters. The van der Waals surface area contributed by atoms with E-state index in [0.29, 0.717) is 18.1 Å². The third kappa shape index (κ3) is 6.07. The molecule has 0 saturated heterocycles. The van der Waals surface area contributed by atoms with E-state index in [-0.39, 0.29) is 0 Å². The summed E-state index contributed by atoms with van der Waals surface area (Å²) >= 11 is 5.89. The number of hydrogen-bond donors (Lipinski definition) is 1. The lowest BCUT2D eigenvalue weighted by Gasteiger charge is -2.26. The van der Waals surface area contributed by atoms with Crippen LogP contribution in [0, 0.1) is 11.8 Å². The molecule has 0 spiro atoms. The molecule has 1 aromatic rings. The van der Waals surface area contributed by atoms with Crippen LogP contribution in [0.3, 0.4) is 0 Å². The molecule has 1 aromatic carbocycles. The van der Waals surface area contributed by atoms with Gasteiger partial charge < -0.3 is 5.11 Å². The highest BCUT2D eigenvalue weighted by molar-refractivity contribution is 6.30. The van der Waals surface area contributed by atoms with Crippen LogP contribution in [0.25, 0.3) is 0 Å². The third-order valence-electron chi connectivity index (χ3n) is 2.42. The van der Waals surface area contributed by atoms with Gasteiger partial charge in [-0.2, -0.15) is 0 Å². The van der Waals surface area contributed by atoms with Gasteiger partial charge in [-0.25, -0.2) is 0 Å². The second kappa shape index (κ2) is 6.80. The minimum atomic E-state index is -0.687. The molecule has 2 nitrogen and oxygen atoms in total.